The third-order valence-electron chi connectivity index (χ3n) is 4.34. The molecule has 0 atom stereocenters. The Morgan fingerprint density at radius 3 is 2.44 bits per heavy atom. The molecule has 1 saturated carbocycles. The Bertz CT molecular complexity index is 898. The van der Waals surface area contributed by atoms with Crippen molar-refractivity contribution in [1.29, 1.82) is 5.26 Å². The van der Waals surface area contributed by atoms with E-state index in [1.54, 1.807) is 30.3 Å². The van der Waals surface area contributed by atoms with Crippen molar-refractivity contribution in [2.75, 3.05) is 10.6 Å². The molecule has 0 heterocycles. The molecular formula is C19H16BrN3O2. The predicted molar refractivity (Wildman–Crippen MR) is 99.0 cm³/mol. The summed E-state index contributed by atoms with van der Waals surface area (Å²) in [5.74, 6) is -0.700. The summed E-state index contributed by atoms with van der Waals surface area (Å²) in [5.41, 5.74) is 1.42. The first-order valence-electron chi connectivity index (χ1n) is 7.84. The highest BCUT2D eigenvalue weighted by Gasteiger charge is 2.56. The number of hydrogen-bond acceptors (Lipinski definition) is 3. The molecule has 0 aromatic heterocycles. The number of rotatable bonds is 4. The molecule has 0 aliphatic heterocycles. The van der Waals surface area contributed by atoms with Gasteiger partial charge in [-0.3, -0.25) is 9.59 Å². The van der Waals surface area contributed by atoms with Crippen LogP contribution >= 0.6 is 15.9 Å². The Balaban J connectivity index is 1.75. The van der Waals surface area contributed by atoms with Gasteiger partial charge in [-0.25, -0.2) is 0 Å². The molecule has 2 N–H and O–H groups in total. The summed E-state index contributed by atoms with van der Waals surface area (Å²) < 4.78 is 0.891. The molecule has 2 aromatic rings. The van der Waals surface area contributed by atoms with Gasteiger partial charge in [0, 0.05) is 10.2 Å². The van der Waals surface area contributed by atoms with E-state index in [1.807, 2.05) is 25.1 Å². The van der Waals surface area contributed by atoms with Crippen LogP contribution in [0.1, 0.15) is 24.0 Å². The Labute approximate surface area is 154 Å². The maximum atomic E-state index is 12.6. The van der Waals surface area contributed by atoms with Crippen molar-refractivity contribution in [3.05, 3.63) is 58.1 Å². The molecule has 0 saturated heterocycles. The second-order valence-corrected chi connectivity index (χ2v) is 6.97. The lowest BCUT2D eigenvalue weighted by molar-refractivity contribution is -0.131. The first-order chi connectivity index (χ1) is 12.0. The number of halogens is 1. The number of hydrogen-bond donors (Lipinski definition) is 2. The van der Waals surface area contributed by atoms with Gasteiger partial charge in [0.25, 0.3) is 0 Å². The molecule has 1 aliphatic carbocycles. The Morgan fingerprint density at radius 2 is 1.80 bits per heavy atom. The van der Waals surface area contributed by atoms with Gasteiger partial charge in [-0.1, -0.05) is 34.1 Å². The van der Waals surface area contributed by atoms with Crippen molar-refractivity contribution >= 4 is 39.1 Å². The van der Waals surface area contributed by atoms with E-state index in [-0.39, 0.29) is 11.8 Å². The summed E-state index contributed by atoms with van der Waals surface area (Å²) in [6.45, 7) is 1.96. The van der Waals surface area contributed by atoms with Gasteiger partial charge in [-0.05, 0) is 49.6 Å². The molecule has 126 valence electrons. The molecule has 1 aliphatic rings. The average molecular weight is 398 g/mol. The summed E-state index contributed by atoms with van der Waals surface area (Å²) in [6.07, 6.45) is 0.985. The number of carbonyl (C=O) groups excluding carboxylic acids is 2. The minimum Gasteiger partial charge on any atom is -0.325 e. The first-order valence-corrected chi connectivity index (χ1v) is 8.64. The summed E-state index contributed by atoms with van der Waals surface area (Å²) in [4.78, 5) is 25.3. The number of nitrogens with one attached hydrogen (secondary N) is 2. The van der Waals surface area contributed by atoms with Crippen molar-refractivity contribution in [2.24, 2.45) is 5.41 Å². The summed E-state index contributed by atoms with van der Waals surface area (Å²) in [5, 5.41) is 14.7. The Kier molecular flexibility index (Phi) is 4.60. The van der Waals surface area contributed by atoms with Gasteiger partial charge in [0.15, 0.2) is 0 Å². The molecule has 5 nitrogen and oxygen atoms in total. The van der Waals surface area contributed by atoms with E-state index in [0.717, 1.165) is 10.0 Å². The molecule has 3 rings (SSSR count). The van der Waals surface area contributed by atoms with Crippen LogP contribution < -0.4 is 10.6 Å². The van der Waals surface area contributed by atoms with Crippen molar-refractivity contribution < 1.29 is 9.59 Å². The highest BCUT2D eigenvalue weighted by atomic mass is 79.9. The molecule has 0 radical (unpaired) electrons. The minimum atomic E-state index is -1.07. The molecular weight excluding hydrogens is 382 g/mol. The normalized spacial score (nSPS) is 14.3. The highest BCUT2D eigenvalue weighted by molar-refractivity contribution is 9.10. The second-order valence-electron chi connectivity index (χ2n) is 6.11. The number of nitrogens with zero attached hydrogens (tertiary/aromatic N) is 1. The van der Waals surface area contributed by atoms with E-state index in [2.05, 4.69) is 26.6 Å². The first kappa shape index (κ1) is 17.2. The number of amides is 2. The minimum absolute atomic E-state index is 0.324. The van der Waals surface area contributed by atoms with Gasteiger partial charge in [-0.2, -0.15) is 5.26 Å². The third kappa shape index (κ3) is 3.42. The maximum Gasteiger partial charge on any atom is 0.240 e. The van der Waals surface area contributed by atoms with Crippen LogP contribution in [0.3, 0.4) is 0 Å². The van der Waals surface area contributed by atoms with Crippen LogP contribution in [0.15, 0.2) is 46.9 Å². The van der Waals surface area contributed by atoms with Gasteiger partial charge in [0.1, 0.15) is 11.5 Å². The number of para-hydroxylation sites is 1. The number of aryl methyl sites for hydroxylation is 1. The zero-order valence-corrected chi connectivity index (χ0v) is 15.2. The molecule has 25 heavy (non-hydrogen) atoms. The predicted octanol–water partition coefficient (Wildman–Crippen LogP) is 3.99. The van der Waals surface area contributed by atoms with E-state index < -0.39 is 5.41 Å². The molecule has 2 amide bonds. The van der Waals surface area contributed by atoms with Crippen LogP contribution in [-0.4, -0.2) is 11.8 Å². The standard InChI is InChI=1S/C19H16BrN3O2/c1-12-6-7-14(10-15(12)20)22-17(24)19(8-9-19)18(25)23-16-5-3-2-4-13(16)11-21/h2-7,10H,8-9H2,1H3,(H,22,24)(H,23,25). The van der Waals surface area contributed by atoms with Crippen molar-refractivity contribution in [3.8, 4) is 6.07 Å². The fraction of sp³-hybridized carbons (Fsp3) is 0.211. The Hall–Kier alpha value is -2.65. The fourth-order valence-corrected chi connectivity index (χ4v) is 2.91. The Morgan fingerprint density at radius 1 is 1.12 bits per heavy atom. The van der Waals surface area contributed by atoms with Gasteiger partial charge >= 0.3 is 0 Å². The van der Waals surface area contributed by atoms with E-state index in [4.69, 9.17) is 5.26 Å². The van der Waals surface area contributed by atoms with Crippen molar-refractivity contribution in [1.82, 2.24) is 0 Å². The smallest absolute Gasteiger partial charge is 0.240 e. The monoisotopic (exact) mass is 397 g/mol. The summed E-state index contributed by atoms with van der Waals surface area (Å²) >= 11 is 3.43. The maximum absolute atomic E-state index is 12.6. The highest BCUT2D eigenvalue weighted by Crippen LogP contribution is 2.47. The largest absolute Gasteiger partial charge is 0.325 e. The lowest BCUT2D eigenvalue weighted by Crippen LogP contribution is -2.35. The van der Waals surface area contributed by atoms with Gasteiger partial charge in [-0.15, -0.1) is 0 Å². The van der Waals surface area contributed by atoms with Crippen LogP contribution in [0.25, 0.3) is 0 Å². The lowest BCUT2D eigenvalue weighted by Gasteiger charge is -2.16. The quantitative estimate of drug-likeness (QED) is 0.765. The van der Waals surface area contributed by atoms with Gasteiger partial charge < -0.3 is 10.6 Å². The number of carbonyl (C=O) groups is 2. The van der Waals surface area contributed by atoms with E-state index in [1.165, 1.54) is 0 Å². The van der Waals surface area contributed by atoms with Crippen LogP contribution in [0.4, 0.5) is 11.4 Å². The van der Waals surface area contributed by atoms with Gasteiger partial charge in [0.2, 0.25) is 11.8 Å². The topological polar surface area (TPSA) is 82.0 Å². The molecule has 2 aromatic carbocycles. The molecule has 0 spiro atoms. The van der Waals surface area contributed by atoms with Gasteiger partial charge in [0.05, 0.1) is 11.3 Å². The molecule has 0 unspecified atom stereocenters. The molecule has 1 fully saturated rings. The summed E-state index contributed by atoms with van der Waals surface area (Å²) in [7, 11) is 0. The van der Waals surface area contributed by atoms with Crippen LogP contribution in [0.2, 0.25) is 0 Å². The fourth-order valence-electron chi connectivity index (χ4n) is 2.54. The number of nitriles is 1. The lowest BCUT2D eigenvalue weighted by atomic mass is 10.0. The van der Waals surface area contributed by atoms with Crippen LogP contribution in [0, 0.1) is 23.7 Å². The van der Waals surface area contributed by atoms with Crippen molar-refractivity contribution in [2.45, 2.75) is 19.8 Å². The molecule has 6 heteroatoms. The average Bonchev–Trinajstić information content (AvgIpc) is 3.40. The second kappa shape index (κ2) is 6.69. The van der Waals surface area contributed by atoms with E-state index in [9.17, 15) is 9.59 Å². The van der Waals surface area contributed by atoms with Crippen molar-refractivity contribution in [3.63, 3.8) is 0 Å². The zero-order chi connectivity index (χ0) is 18.0. The molecule has 0 bridgehead atoms. The van der Waals surface area contributed by atoms with Crippen LogP contribution in [-0.2, 0) is 9.59 Å². The van der Waals surface area contributed by atoms with E-state index in [0.29, 0.717) is 29.8 Å². The van der Waals surface area contributed by atoms with E-state index >= 15 is 0 Å². The van der Waals surface area contributed by atoms with Crippen LogP contribution in [0.5, 0.6) is 0 Å². The SMILES string of the molecule is Cc1ccc(NC(=O)C2(C(=O)Nc3ccccc3C#N)CC2)cc1Br. The third-order valence-corrected chi connectivity index (χ3v) is 5.20. The zero-order valence-electron chi connectivity index (χ0n) is 13.6. The number of anilines is 2. The number of benzene rings is 2. The summed E-state index contributed by atoms with van der Waals surface area (Å²) in [6, 6.07) is 14.3.